The summed E-state index contributed by atoms with van der Waals surface area (Å²) in [7, 11) is -8.66. The van der Waals surface area contributed by atoms with Crippen molar-refractivity contribution in [3.8, 4) is 11.5 Å². The predicted molar refractivity (Wildman–Crippen MR) is 335 cm³/mol. The van der Waals surface area contributed by atoms with Crippen molar-refractivity contribution in [3.05, 3.63) is 86.0 Å². The highest BCUT2D eigenvalue weighted by Crippen LogP contribution is 2.50. The van der Waals surface area contributed by atoms with Gasteiger partial charge in [-0.25, -0.2) is 39.0 Å². The summed E-state index contributed by atoms with van der Waals surface area (Å²) in [5.74, 6) is -1.67. The van der Waals surface area contributed by atoms with E-state index in [1.807, 2.05) is 0 Å². The van der Waals surface area contributed by atoms with Crippen LogP contribution in [-0.2, 0) is 65.8 Å². The molecule has 14 atom stereocenters. The van der Waals surface area contributed by atoms with Crippen molar-refractivity contribution < 1.29 is 85.0 Å². The van der Waals surface area contributed by atoms with Crippen LogP contribution in [-0.4, -0.2) is 146 Å². The van der Waals surface area contributed by atoms with Crippen LogP contribution < -0.4 is 30.7 Å². The van der Waals surface area contributed by atoms with Gasteiger partial charge in [-0.3, -0.25) is 37.4 Å². The topological polar surface area (TPSA) is 398 Å². The van der Waals surface area contributed by atoms with Gasteiger partial charge in [0.05, 0.1) is 24.9 Å². The first-order chi connectivity index (χ1) is 43.2. The zero-order valence-electron chi connectivity index (χ0n) is 50.7. The fourth-order valence-corrected chi connectivity index (χ4v) is 14.2. The van der Waals surface area contributed by atoms with Crippen LogP contribution in [0, 0.1) is 0 Å². The average molecular weight is 1330 g/mol. The molecule has 0 amide bonds. The van der Waals surface area contributed by atoms with Gasteiger partial charge in [-0.05, 0) is 103 Å². The van der Waals surface area contributed by atoms with Crippen LogP contribution in [0.3, 0.4) is 0 Å². The van der Waals surface area contributed by atoms with Gasteiger partial charge in [0.2, 0.25) is 0 Å². The molecular formula is C60H86N12O18P2. The number of carbonyl (C=O) groups is 4. The maximum absolute atomic E-state index is 14.5. The van der Waals surface area contributed by atoms with Gasteiger partial charge in [0, 0.05) is 12.8 Å². The number of aliphatic hydroxyl groups excluding tert-OH is 2. The molecular weight excluding hydrogens is 1240 g/mol. The molecule has 92 heavy (non-hydrogen) atoms. The number of hydrogen-bond acceptors (Lipinski definition) is 26. The van der Waals surface area contributed by atoms with Crippen molar-refractivity contribution in [2.24, 2.45) is 0 Å². The van der Waals surface area contributed by atoms with Crippen molar-refractivity contribution >= 4 is 73.3 Å². The fourth-order valence-electron chi connectivity index (χ4n) is 10.8. The lowest BCUT2D eigenvalue weighted by atomic mass is 9.98. The maximum Gasteiger partial charge on any atom is 0.459 e. The smallest absolute Gasteiger partial charge is 0.459 e. The Morgan fingerprint density at radius 2 is 0.967 bits per heavy atom. The van der Waals surface area contributed by atoms with Gasteiger partial charge in [0.1, 0.15) is 83.9 Å². The number of ether oxygens (including phenoxy) is 6. The van der Waals surface area contributed by atoms with E-state index in [0.717, 1.165) is 64.2 Å². The number of esters is 4. The Hall–Kier alpha value is -7.24. The highest BCUT2D eigenvalue weighted by atomic mass is 31.2. The van der Waals surface area contributed by atoms with Gasteiger partial charge in [0.25, 0.3) is 0 Å². The molecule has 6 aromatic rings. The minimum absolute atomic E-state index is 0. The summed E-state index contributed by atoms with van der Waals surface area (Å²) >= 11 is 0. The first-order valence-electron chi connectivity index (χ1n) is 30.1. The number of aliphatic hydroxyl groups is 2. The Bertz CT molecular complexity index is 3490. The second-order valence-electron chi connectivity index (χ2n) is 22.3. The second kappa shape index (κ2) is 32.5. The predicted octanol–water partition coefficient (Wildman–Crippen LogP) is 8.14. The Kier molecular flexibility index (Phi) is 25.5. The molecule has 504 valence electrons. The molecule has 30 nitrogen and oxygen atoms in total. The van der Waals surface area contributed by atoms with Gasteiger partial charge in [-0.2, -0.15) is 10.2 Å². The first-order valence-corrected chi connectivity index (χ1v) is 33.2. The lowest BCUT2D eigenvalue weighted by molar-refractivity contribution is -0.168. The van der Waals surface area contributed by atoms with Crippen LogP contribution in [0.2, 0.25) is 0 Å². The molecule has 2 unspecified atom stereocenters. The van der Waals surface area contributed by atoms with Crippen molar-refractivity contribution in [1.82, 2.24) is 49.2 Å². The normalized spacial score (nSPS) is 24.3. The van der Waals surface area contributed by atoms with Gasteiger partial charge >= 0.3 is 39.4 Å². The quantitative estimate of drug-likeness (QED) is 0.0189. The number of nitrogens with one attached hydrogen (secondary N) is 2. The van der Waals surface area contributed by atoms with Crippen LogP contribution in [0.1, 0.15) is 146 Å². The molecule has 6 heterocycles. The standard InChI is InChI=1S/C32H43N6O10P.C26H35N6O8P.2CH4/c1-5-23(39)44-27-26(46-31(28(27)45-24(40)6-2)38-18-36-25-29(33)34-17-35-30(25)38)20(4)47-49(42,48-22-15-11-8-12-16-22)37-19(3)32(41)43-21-13-9-7-10-14-21;1-15(26(35)37-17-9-5-3-6-10-17)31-41(36,40-18-11-7-4-8-12-18)39-16(2)22-20(33)21(34)25(38-22)32-14-30-19-23(27)28-13-29-24(19)32;;/h8,11-12,15-21,26-28,31H,5-7,9-10,13-14H2,1-4H3,(H,37,42)(H2,33,34,35);4,7-8,11-17,20-22,25,33-34H,3,5-6,9-10H2,1-2H3,(H,31,36)(H2,27,28,29);2*1H4/t19-,20-,26+,27+,28+,31+,49?;15-,16-,20-,21+,22+,25+,41?;;/m00../s1. The van der Waals surface area contributed by atoms with Crippen LogP contribution in [0.15, 0.2) is 86.0 Å². The molecule has 10 rings (SSSR count). The highest BCUT2D eigenvalue weighted by Gasteiger charge is 2.55. The molecule has 4 fully saturated rings. The summed E-state index contributed by atoms with van der Waals surface area (Å²) in [6.07, 6.45) is 1.99. The minimum Gasteiger partial charge on any atom is -0.461 e. The Morgan fingerprint density at radius 1 is 0.565 bits per heavy atom. The Morgan fingerprint density at radius 3 is 1.40 bits per heavy atom. The van der Waals surface area contributed by atoms with Crippen molar-refractivity contribution in [2.75, 3.05) is 11.5 Å². The van der Waals surface area contributed by atoms with E-state index in [4.69, 9.17) is 58.0 Å². The van der Waals surface area contributed by atoms with E-state index in [1.54, 1.807) is 81.4 Å². The summed E-state index contributed by atoms with van der Waals surface area (Å²) in [5, 5.41) is 27.1. The van der Waals surface area contributed by atoms with Gasteiger partial charge < -0.3 is 59.1 Å². The molecule has 2 aromatic carbocycles. The number of nitrogen functional groups attached to an aromatic ring is 2. The lowest BCUT2D eigenvalue weighted by Crippen LogP contribution is -2.44. The van der Waals surface area contributed by atoms with E-state index < -0.39 is 113 Å². The molecule has 0 bridgehead atoms. The number of nitrogens with two attached hydrogens (primary N) is 2. The molecule has 4 aliphatic rings. The molecule has 2 aliphatic heterocycles. The molecule has 0 radical (unpaired) electrons. The molecule has 32 heteroatoms. The van der Waals surface area contributed by atoms with Crippen molar-refractivity contribution in [3.63, 3.8) is 0 Å². The number of aromatic nitrogens is 8. The van der Waals surface area contributed by atoms with E-state index in [2.05, 4.69) is 40.1 Å². The largest absolute Gasteiger partial charge is 0.461 e. The molecule has 8 N–H and O–H groups in total. The zero-order valence-corrected chi connectivity index (χ0v) is 52.5. The van der Waals surface area contributed by atoms with Crippen LogP contribution in [0.4, 0.5) is 11.6 Å². The molecule has 0 spiro atoms. The first kappa shape index (κ1) is 72.2. The molecule has 2 saturated carbocycles. The SMILES string of the molecule is C.C.CCC(=O)O[C@H]1[C@@H](OC(=O)CC)[C@H](n2cnc3c(N)ncnc32)O[C@@H]1[C@H](C)OP(=O)(N[C@@H](C)C(=O)OC1CCCCC1)Oc1ccccc1.C[C@H](NP(=O)(Oc1ccccc1)O[C@@H](C)[C@H]1O[C@@H](n2cnc3c(N)ncnc32)[C@H](O)[C@@H]1O)C(=O)OC1CCCCC1. The third-order valence-corrected chi connectivity index (χ3v) is 19.0. The lowest BCUT2D eigenvalue weighted by Gasteiger charge is -2.30. The van der Waals surface area contributed by atoms with E-state index in [1.165, 1.54) is 55.2 Å². The van der Waals surface area contributed by atoms with E-state index in [9.17, 15) is 38.5 Å². The van der Waals surface area contributed by atoms with Crippen LogP contribution >= 0.6 is 15.5 Å². The van der Waals surface area contributed by atoms with Crippen molar-refractivity contribution in [1.29, 1.82) is 0 Å². The molecule has 2 aliphatic carbocycles. The third kappa shape index (κ3) is 17.7. The number of anilines is 2. The summed E-state index contributed by atoms with van der Waals surface area (Å²) in [6, 6.07) is 14.5. The number of fused-ring (bicyclic) bond motifs is 2. The number of para-hydroxylation sites is 2. The van der Waals surface area contributed by atoms with Gasteiger partial charge in [-0.15, -0.1) is 0 Å². The third-order valence-electron chi connectivity index (χ3n) is 15.5. The van der Waals surface area contributed by atoms with Crippen LogP contribution in [0.25, 0.3) is 22.3 Å². The molecule has 2 saturated heterocycles. The number of imidazole rings is 2. The number of hydrogen-bond donors (Lipinski definition) is 6. The van der Waals surface area contributed by atoms with Crippen molar-refractivity contribution in [2.45, 2.75) is 219 Å². The summed E-state index contributed by atoms with van der Waals surface area (Å²) in [4.78, 5) is 76.2. The van der Waals surface area contributed by atoms with Gasteiger partial charge in [0.15, 0.2) is 47.6 Å². The van der Waals surface area contributed by atoms with E-state index in [0.29, 0.717) is 11.2 Å². The maximum atomic E-state index is 14.5. The Balaban J connectivity index is 0.000000259. The fraction of sp³-hybridized carbons (Fsp3) is 0.567. The summed E-state index contributed by atoms with van der Waals surface area (Å²) in [6.45, 7) is 9.31. The average Bonchev–Trinajstić information content (AvgIpc) is 1.62. The molecule has 4 aromatic heterocycles. The number of rotatable bonds is 24. The number of nitrogens with zero attached hydrogens (tertiary/aromatic N) is 8. The summed E-state index contributed by atoms with van der Waals surface area (Å²) in [5.41, 5.74) is 13.0. The summed E-state index contributed by atoms with van der Waals surface area (Å²) < 4.78 is 90.5. The van der Waals surface area contributed by atoms with E-state index in [-0.39, 0.29) is 74.2 Å². The monoisotopic (exact) mass is 1320 g/mol. The van der Waals surface area contributed by atoms with Crippen LogP contribution in [0.5, 0.6) is 11.5 Å². The minimum atomic E-state index is -4.39. The second-order valence-corrected chi connectivity index (χ2v) is 25.6. The number of carbonyl (C=O) groups excluding carboxylic acids is 4. The van der Waals surface area contributed by atoms with Gasteiger partial charge in [-0.1, -0.05) is 77.9 Å². The highest BCUT2D eigenvalue weighted by molar-refractivity contribution is 7.52. The zero-order chi connectivity index (χ0) is 64.3. The van der Waals surface area contributed by atoms with E-state index >= 15 is 0 Å². The number of benzene rings is 2. The Labute approximate surface area is 533 Å².